The van der Waals surface area contributed by atoms with Gasteiger partial charge in [-0.1, -0.05) is 16.4 Å². The normalized spacial score (nSPS) is 12.4. The largest absolute Gasteiger partial charge is 0.487 e. The number of benzene rings is 1. The van der Waals surface area contributed by atoms with Crippen LogP contribution in [0.15, 0.2) is 22.8 Å². The van der Waals surface area contributed by atoms with Gasteiger partial charge in [0.25, 0.3) is 0 Å². The van der Waals surface area contributed by atoms with Gasteiger partial charge in [-0.3, -0.25) is 0 Å². The van der Waals surface area contributed by atoms with Gasteiger partial charge < -0.3 is 10.1 Å². The summed E-state index contributed by atoms with van der Waals surface area (Å²) in [5, 5.41) is 10.5. The molecule has 0 aliphatic rings. The molecule has 1 heterocycles. The summed E-state index contributed by atoms with van der Waals surface area (Å²) in [5.74, 6) is 0.154. The van der Waals surface area contributed by atoms with E-state index >= 15 is 0 Å². The Labute approximate surface area is 110 Å². The molecule has 19 heavy (non-hydrogen) atoms. The predicted molar refractivity (Wildman–Crippen MR) is 67.2 cm³/mol. The Balaban J connectivity index is 2.19. The molecule has 0 fully saturated rings. The average Bonchev–Trinajstić information content (AvgIpc) is 2.81. The Bertz CT molecular complexity index is 557. The Hall–Kier alpha value is -1.95. The van der Waals surface area contributed by atoms with Gasteiger partial charge in [0.1, 0.15) is 29.6 Å². The molecule has 1 aromatic carbocycles. The number of halogens is 1. The highest BCUT2D eigenvalue weighted by Crippen LogP contribution is 2.26. The molecule has 0 bridgehead atoms. The third-order valence-corrected chi connectivity index (χ3v) is 2.99. The van der Waals surface area contributed by atoms with Crippen LogP contribution >= 0.6 is 0 Å². The number of aryl methyl sites for hydroxylation is 1. The molecule has 2 rings (SSSR count). The lowest BCUT2D eigenvalue weighted by molar-refractivity contribution is 0.266. The summed E-state index contributed by atoms with van der Waals surface area (Å²) >= 11 is 0. The Morgan fingerprint density at radius 2 is 2.21 bits per heavy atom. The maximum absolute atomic E-state index is 13.3. The molecule has 5 nitrogen and oxygen atoms in total. The molecular formula is C13H16FN3O2. The Morgan fingerprint density at radius 3 is 2.84 bits per heavy atom. The van der Waals surface area contributed by atoms with E-state index in [1.807, 2.05) is 14.0 Å². The standard InChI is InChI=1S/C13H16FN3O2/c1-8(15-3)11-5-4-10(14)6-13(11)18-7-12-9(2)16-19-17-12/h4-6,8,15H,7H2,1-3H3. The van der Waals surface area contributed by atoms with Crippen molar-refractivity contribution in [2.45, 2.75) is 26.5 Å². The summed E-state index contributed by atoms with van der Waals surface area (Å²) in [6.07, 6.45) is 0. The van der Waals surface area contributed by atoms with E-state index in [2.05, 4.69) is 20.3 Å². The number of hydrogen-bond donors (Lipinski definition) is 1. The minimum absolute atomic E-state index is 0.0622. The number of ether oxygens (including phenoxy) is 1. The molecule has 102 valence electrons. The van der Waals surface area contributed by atoms with Crippen molar-refractivity contribution in [3.05, 3.63) is 41.0 Å². The monoisotopic (exact) mass is 265 g/mol. The fourth-order valence-corrected chi connectivity index (χ4v) is 1.67. The smallest absolute Gasteiger partial charge is 0.145 e. The summed E-state index contributed by atoms with van der Waals surface area (Å²) in [6.45, 7) is 3.95. The highest BCUT2D eigenvalue weighted by Gasteiger charge is 2.13. The maximum atomic E-state index is 13.3. The van der Waals surface area contributed by atoms with E-state index in [1.54, 1.807) is 13.0 Å². The molecule has 0 saturated heterocycles. The van der Waals surface area contributed by atoms with Gasteiger partial charge in [-0.15, -0.1) is 0 Å². The van der Waals surface area contributed by atoms with Crippen LogP contribution < -0.4 is 10.1 Å². The van der Waals surface area contributed by atoms with Crippen LogP contribution in [0, 0.1) is 12.7 Å². The molecule has 0 aliphatic carbocycles. The first kappa shape index (κ1) is 13.5. The second-order valence-corrected chi connectivity index (χ2v) is 4.28. The van der Waals surface area contributed by atoms with Gasteiger partial charge >= 0.3 is 0 Å². The topological polar surface area (TPSA) is 60.2 Å². The third-order valence-electron chi connectivity index (χ3n) is 2.99. The zero-order chi connectivity index (χ0) is 13.8. The van der Waals surface area contributed by atoms with E-state index in [4.69, 9.17) is 4.74 Å². The molecule has 1 unspecified atom stereocenters. The fraction of sp³-hybridized carbons (Fsp3) is 0.385. The van der Waals surface area contributed by atoms with Crippen LogP contribution in [0.2, 0.25) is 0 Å². The lowest BCUT2D eigenvalue weighted by atomic mass is 10.1. The molecule has 0 radical (unpaired) electrons. The lowest BCUT2D eigenvalue weighted by Crippen LogP contribution is -2.14. The molecule has 0 saturated carbocycles. The molecule has 0 amide bonds. The first-order valence-electron chi connectivity index (χ1n) is 5.99. The number of aromatic nitrogens is 2. The van der Waals surface area contributed by atoms with E-state index in [-0.39, 0.29) is 18.5 Å². The molecule has 1 N–H and O–H groups in total. The van der Waals surface area contributed by atoms with Crippen molar-refractivity contribution in [3.8, 4) is 5.75 Å². The molecule has 2 aromatic rings. The van der Waals surface area contributed by atoms with Crippen molar-refractivity contribution in [1.82, 2.24) is 15.6 Å². The molecule has 1 atom stereocenters. The van der Waals surface area contributed by atoms with E-state index in [0.717, 1.165) is 5.56 Å². The highest BCUT2D eigenvalue weighted by atomic mass is 19.1. The Kier molecular flexibility index (Phi) is 4.11. The fourth-order valence-electron chi connectivity index (χ4n) is 1.67. The number of nitrogens with zero attached hydrogens (tertiary/aromatic N) is 2. The van der Waals surface area contributed by atoms with Crippen molar-refractivity contribution >= 4 is 0 Å². The van der Waals surface area contributed by atoms with Gasteiger partial charge in [0.2, 0.25) is 0 Å². The predicted octanol–water partition coefficient (Wildman–Crippen LogP) is 2.38. The van der Waals surface area contributed by atoms with Gasteiger partial charge in [0.15, 0.2) is 0 Å². The van der Waals surface area contributed by atoms with E-state index < -0.39 is 0 Å². The van der Waals surface area contributed by atoms with Crippen LogP contribution in [-0.2, 0) is 6.61 Å². The van der Waals surface area contributed by atoms with Crippen molar-refractivity contribution in [1.29, 1.82) is 0 Å². The summed E-state index contributed by atoms with van der Waals surface area (Å²) in [5.41, 5.74) is 2.16. The summed E-state index contributed by atoms with van der Waals surface area (Å²) < 4.78 is 23.5. The SMILES string of the molecule is CNC(C)c1ccc(F)cc1OCc1nonc1C. The van der Waals surface area contributed by atoms with Crippen molar-refractivity contribution < 1.29 is 13.8 Å². The quantitative estimate of drug-likeness (QED) is 0.899. The lowest BCUT2D eigenvalue weighted by Gasteiger charge is -2.16. The zero-order valence-corrected chi connectivity index (χ0v) is 11.1. The minimum Gasteiger partial charge on any atom is -0.487 e. The number of nitrogens with one attached hydrogen (secondary N) is 1. The molecule has 0 spiro atoms. The second kappa shape index (κ2) is 5.79. The van der Waals surface area contributed by atoms with E-state index in [1.165, 1.54) is 12.1 Å². The first-order valence-corrected chi connectivity index (χ1v) is 5.99. The van der Waals surface area contributed by atoms with Crippen molar-refractivity contribution in [2.24, 2.45) is 0 Å². The third kappa shape index (κ3) is 3.08. The number of rotatable bonds is 5. The molecule has 6 heteroatoms. The van der Waals surface area contributed by atoms with Crippen LogP contribution in [-0.4, -0.2) is 17.4 Å². The zero-order valence-electron chi connectivity index (χ0n) is 11.1. The summed E-state index contributed by atoms with van der Waals surface area (Å²) in [4.78, 5) is 0. The van der Waals surface area contributed by atoms with Crippen LogP contribution in [0.25, 0.3) is 0 Å². The van der Waals surface area contributed by atoms with E-state index in [9.17, 15) is 4.39 Å². The molecule has 1 aromatic heterocycles. The van der Waals surface area contributed by atoms with Gasteiger partial charge in [-0.05, 0) is 27.0 Å². The average molecular weight is 265 g/mol. The molecule has 0 aliphatic heterocycles. The van der Waals surface area contributed by atoms with E-state index in [0.29, 0.717) is 17.1 Å². The molecular weight excluding hydrogens is 249 g/mol. The van der Waals surface area contributed by atoms with Crippen LogP contribution in [0.4, 0.5) is 4.39 Å². The van der Waals surface area contributed by atoms with Crippen LogP contribution in [0.1, 0.15) is 29.9 Å². The second-order valence-electron chi connectivity index (χ2n) is 4.28. The Morgan fingerprint density at radius 1 is 1.42 bits per heavy atom. The number of hydrogen-bond acceptors (Lipinski definition) is 5. The first-order chi connectivity index (χ1) is 9.11. The van der Waals surface area contributed by atoms with Gasteiger partial charge in [0, 0.05) is 17.7 Å². The maximum Gasteiger partial charge on any atom is 0.145 e. The highest BCUT2D eigenvalue weighted by molar-refractivity contribution is 5.36. The van der Waals surface area contributed by atoms with Gasteiger partial charge in [0.05, 0.1) is 0 Å². The van der Waals surface area contributed by atoms with Gasteiger partial charge in [-0.2, -0.15) is 0 Å². The van der Waals surface area contributed by atoms with Gasteiger partial charge in [-0.25, -0.2) is 9.02 Å². The van der Waals surface area contributed by atoms with Crippen LogP contribution in [0.5, 0.6) is 5.75 Å². The van der Waals surface area contributed by atoms with Crippen molar-refractivity contribution in [3.63, 3.8) is 0 Å². The van der Waals surface area contributed by atoms with Crippen LogP contribution in [0.3, 0.4) is 0 Å². The summed E-state index contributed by atoms with van der Waals surface area (Å²) in [7, 11) is 1.84. The van der Waals surface area contributed by atoms with Crippen molar-refractivity contribution in [2.75, 3.05) is 7.05 Å². The summed E-state index contributed by atoms with van der Waals surface area (Å²) in [6, 6.07) is 4.55. The minimum atomic E-state index is -0.336.